The van der Waals surface area contributed by atoms with Crippen LogP contribution in [0.2, 0.25) is 0 Å². The molecule has 0 aromatic heterocycles. The van der Waals surface area contributed by atoms with Crippen molar-refractivity contribution in [2.45, 2.75) is 18.7 Å². The summed E-state index contributed by atoms with van der Waals surface area (Å²) in [6, 6.07) is 5.62. The van der Waals surface area contributed by atoms with Crippen molar-refractivity contribution in [1.29, 1.82) is 0 Å². The van der Waals surface area contributed by atoms with Crippen LogP contribution in [0.25, 0.3) is 0 Å². The number of hydrogen-bond acceptors (Lipinski definition) is 3. The molecule has 1 aliphatic carbocycles. The summed E-state index contributed by atoms with van der Waals surface area (Å²) in [5, 5.41) is 10.7. The van der Waals surface area contributed by atoms with Crippen molar-refractivity contribution in [2.24, 2.45) is 5.92 Å². The Morgan fingerprint density at radius 3 is 2.62 bits per heavy atom. The normalized spacial score (nSPS) is 20.7. The Morgan fingerprint density at radius 2 is 2.00 bits per heavy atom. The molecule has 0 aliphatic heterocycles. The molecule has 5 nitrogen and oxygen atoms in total. The van der Waals surface area contributed by atoms with Crippen LogP contribution < -0.4 is 10.1 Å². The monoisotopic (exact) mass is 303 g/mol. The third kappa shape index (κ3) is 4.11. The number of para-hydroxylation sites is 1. The summed E-state index contributed by atoms with van der Waals surface area (Å²) in [6.45, 7) is -0.511. The standard InChI is InChI=1S/C13H12F3NO4/c14-13(15,16)21-10-4-2-1-3-7(10)8-5-9(8)12(20)17-6-11(18)19/h1-4,8-9H,5-6H2,(H,17,20)(H,18,19)/t8-,9+/m1/s1. The summed E-state index contributed by atoms with van der Waals surface area (Å²) in [4.78, 5) is 22.0. The summed E-state index contributed by atoms with van der Waals surface area (Å²) >= 11 is 0. The minimum atomic E-state index is -4.80. The molecule has 0 heterocycles. The van der Waals surface area contributed by atoms with Crippen molar-refractivity contribution < 1.29 is 32.6 Å². The quantitative estimate of drug-likeness (QED) is 0.871. The second-order valence-corrected chi connectivity index (χ2v) is 4.65. The number of nitrogens with one attached hydrogen (secondary N) is 1. The lowest BCUT2D eigenvalue weighted by Gasteiger charge is -2.13. The van der Waals surface area contributed by atoms with E-state index in [-0.39, 0.29) is 5.75 Å². The van der Waals surface area contributed by atoms with Gasteiger partial charge in [-0.3, -0.25) is 9.59 Å². The Labute approximate surface area is 117 Å². The predicted octanol–water partition coefficient (Wildman–Crippen LogP) is 1.89. The van der Waals surface area contributed by atoms with Gasteiger partial charge in [0, 0.05) is 5.92 Å². The Balaban J connectivity index is 2.04. The van der Waals surface area contributed by atoms with Crippen LogP contribution in [-0.2, 0) is 9.59 Å². The largest absolute Gasteiger partial charge is 0.573 e. The van der Waals surface area contributed by atoms with E-state index in [2.05, 4.69) is 10.1 Å². The van der Waals surface area contributed by atoms with Gasteiger partial charge in [-0.2, -0.15) is 0 Å². The molecule has 1 aromatic rings. The molecule has 1 aliphatic rings. The Morgan fingerprint density at radius 1 is 1.33 bits per heavy atom. The number of carbonyl (C=O) groups excluding carboxylic acids is 1. The van der Waals surface area contributed by atoms with Crippen LogP contribution in [0.3, 0.4) is 0 Å². The van der Waals surface area contributed by atoms with E-state index in [4.69, 9.17) is 5.11 Å². The maximum Gasteiger partial charge on any atom is 0.573 e. The van der Waals surface area contributed by atoms with Gasteiger partial charge in [-0.1, -0.05) is 18.2 Å². The third-order valence-electron chi connectivity index (χ3n) is 3.09. The van der Waals surface area contributed by atoms with E-state index in [1.165, 1.54) is 18.2 Å². The number of carboxylic acid groups (broad SMARTS) is 1. The number of benzene rings is 1. The van der Waals surface area contributed by atoms with Crippen LogP contribution in [0.4, 0.5) is 13.2 Å². The summed E-state index contributed by atoms with van der Waals surface area (Å²) in [5.74, 6) is -2.91. The number of amides is 1. The molecule has 1 fully saturated rings. The van der Waals surface area contributed by atoms with Gasteiger partial charge in [-0.15, -0.1) is 13.2 Å². The maximum atomic E-state index is 12.3. The molecule has 1 aromatic carbocycles. The van der Waals surface area contributed by atoms with E-state index in [0.29, 0.717) is 12.0 Å². The molecule has 1 saturated carbocycles. The molecule has 0 radical (unpaired) electrons. The van der Waals surface area contributed by atoms with Gasteiger partial charge < -0.3 is 15.2 Å². The number of carbonyl (C=O) groups is 2. The number of carboxylic acids is 1. The van der Waals surface area contributed by atoms with Crippen molar-refractivity contribution in [2.75, 3.05) is 6.54 Å². The molecule has 0 bridgehead atoms. The highest BCUT2D eigenvalue weighted by Gasteiger charge is 2.46. The highest BCUT2D eigenvalue weighted by atomic mass is 19.4. The minimum Gasteiger partial charge on any atom is -0.480 e. The van der Waals surface area contributed by atoms with Gasteiger partial charge in [-0.05, 0) is 24.0 Å². The highest BCUT2D eigenvalue weighted by molar-refractivity contribution is 5.86. The van der Waals surface area contributed by atoms with Gasteiger partial charge >= 0.3 is 12.3 Å². The third-order valence-corrected chi connectivity index (χ3v) is 3.09. The molecular weight excluding hydrogens is 291 g/mol. The van der Waals surface area contributed by atoms with Gasteiger partial charge in [0.1, 0.15) is 12.3 Å². The predicted molar refractivity (Wildman–Crippen MR) is 64.6 cm³/mol. The van der Waals surface area contributed by atoms with Gasteiger partial charge in [0.15, 0.2) is 0 Å². The van der Waals surface area contributed by atoms with Crippen LogP contribution in [0.5, 0.6) is 5.75 Å². The van der Waals surface area contributed by atoms with Crippen LogP contribution in [0.15, 0.2) is 24.3 Å². The van der Waals surface area contributed by atoms with Crippen LogP contribution in [0, 0.1) is 5.92 Å². The fraction of sp³-hybridized carbons (Fsp3) is 0.385. The smallest absolute Gasteiger partial charge is 0.480 e. The van der Waals surface area contributed by atoms with Crippen molar-refractivity contribution in [3.8, 4) is 5.75 Å². The SMILES string of the molecule is O=C(O)CNC(=O)[C@H]1C[C@@H]1c1ccccc1OC(F)(F)F. The van der Waals surface area contributed by atoms with Crippen molar-refractivity contribution in [1.82, 2.24) is 5.32 Å². The molecule has 1 amide bonds. The zero-order chi connectivity index (χ0) is 15.6. The second kappa shape index (κ2) is 5.63. The lowest BCUT2D eigenvalue weighted by atomic mass is 10.1. The molecule has 0 spiro atoms. The molecule has 2 rings (SSSR count). The van der Waals surface area contributed by atoms with E-state index < -0.39 is 36.6 Å². The van der Waals surface area contributed by atoms with E-state index in [1.54, 1.807) is 6.07 Å². The van der Waals surface area contributed by atoms with Gasteiger partial charge in [0.2, 0.25) is 5.91 Å². The average Bonchev–Trinajstić information content (AvgIpc) is 3.15. The zero-order valence-corrected chi connectivity index (χ0v) is 10.7. The van der Waals surface area contributed by atoms with Crippen LogP contribution in [-0.4, -0.2) is 29.9 Å². The fourth-order valence-electron chi connectivity index (χ4n) is 2.13. The fourth-order valence-corrected chi connectivity index (χ4v) is 2.13. The van der Waals surface area contributed by atoms with Gasteiger partial charge in [0.05, 0.1) is 0 Å². The number of halogens is 3. The van der Waals surface area contributed by atoms with E-state index in [9.17, 15) is 22.8 Å². The van der Waals surface area contributed by atoms with E-state index in [0.717, 1.165) is 0 Å². The first-order valence-corrected chi connectivity index (χ1v) is 6.12. The first-order valence-electron chi connectivity index (χ1n) is 6.12. The number of hydrogen-bond donors (Lipinski definition) is 2. The molecule has 8 heteroatoms. The minimum absolute atomic E-state index is 0.297. The first kappa shape index (κ1) is 15.1. The average molecular weight is 303 g/mol. The number of ether oxygens (including phenoxy) is 1. The highest BCUT2D eigenvalue weighted by Crippen LogP contribution is 2.50. The molecular formula is C13H12F3NO4. The summed E-state index contributed by atoms with van der Waals surface area (Å²) in [6.07, 6.45) is -4.43. The van der Waals surface area contributed by atoms with Gasteiger partial charge in [0.25, 0.3) is 0 Å². The van der Waals surface area contributed by atoms with Crippen LogP contribution >= 0.6 is 0 Å². The van der Waals surface area contributed by atoms with Crippen molar-refractivity contribution >= 4 is 11.9 Å². The Kier molecular flexibility index (Phi) is 4.06. The zero-order valence-electron chi connectivity index (χ0n) is 10.7. The molecule has 114 valence electrons. The Hall–Kier alpha value is -2.25. The maximum absolute atomic E-state index is 12.3. The summed E-state index contributed by atoms with van der Waals surface area (Å²) < 4.78 is 40.8. The molecule has 21 heavy (non-hydrogen) atoms. The molecule has 2 N–H and O–H groups in total. The summed E-state index contributed by atoms with van der Waals surface area (Å²) in [5.41, 5.74) is 0.297. The topological polar surface area (TPSA) is 75.6 Å². The van der Waals surface area contributed by atoms with E-state index in [1.807, 2.05) is 0 Å². The van der Waals surface area contributed by atoms with Gasteiger partial charge in [-0.25, -0.2) is 0 Å². The lowest BCUT2D eigenvalue weighted by Crippen LogP contribution is -2.30. The molecule has 0 unspecified atom stereocenters. The number of rotatable bonds is 5. The molecule has 2 atom stereocenters. The Bertz CT molecular complexity index is 559. The van der Waals surface area contributed by atoms with Crippen molar-refractivity contribution in [3.63, 3.8) is 0 Å². The first-order chi connectivity index (χ1) is 9.78. The van der Waals surface area contributed by atoms with Crippen LogP contribution in [0.1, 0.15) is 17.9 Å². The molecule has 0 saturated heterocycles. The number of alkyl halides is 3. The van der Waals surface area contributed by atoms with E-state index >= 15 is 0 Å². The van der Waals surface area contributed by atoms with Crippen molar-refractivity contribution in [3.05, 3.63) is 29.8 Å². The summed E-state index contributed by atoms with van der Waals surface area (Å²) in [7, 11) is 0. The number of aliphatic carboxylic acids is 1. The lowest BCUT2D eigenvalue weighted by molar-refractivity contribution is -0.274. The second-order valence-electron chi connectivity index (χ2n) is 4.65.